The minimum atomic E-state index is -0.382. The number of amides is 1. The molecule has 5 heteroatoms. The lowest BCUT2D eigenvalue weighted by Gasteiger charge is -2.18. The van der Waals surface area contributed by atoms with Crippen molar-refractivity contribution in [3.63, 3.8) is 0 Å². The number of aryl methyl sites for hydroxylation is 1. The minimum Gasteiger partial charge on any atom is -0.494 e. The van der Waals surface area contributed by atoms with E-state index in [2.05, 4.69) is 5.32 Å². The Balaban J connectivity index is 2.21. The van der Waals surface area contributed by atoms with Crippen LogP contribution < -0.4 is 15.8 Å². The molecule has 0 spiro atoms. The number of benzene rings is 1. The van der Waals surface area contributed by atoms with Crippen molar-refractivity contribution in [2.45, 2.75) is 39.2 Å². The van der Waals surface area contributed by atoms with Crippen LogP contribution in [-0.2, 0) is 4.79 Å². The zero-order valence-electron chi connectivity index (χ0n) is 12.3. The molecule has 0 radical (unpaired) electrons. The van der Waals surface area contributed by atoms with E-state index < -0.39 is 0 Å². The standard InChI is InChI=1S/C15H23ClN2O2/c1-11-9-12(6-7-13(11)16)20-8-4-5-14(19)18-10-15(2,3)17/h6-7,9H,4-5,8,10,17H2,1-3H3,(H,18,19). The molecule has 0 saturated carbocycles. The van der Waals surface area contributed by atoms with Crippen LogP contribution in [0.3, 0.4) is 0 Å². The third kappa shape index (κ3) is 6.78. The summed E-state index contributed by atoms with van der Waals surface area (Å²) in [6, 6.07) is 5.52. The molecule has 1 amide bonds. The predicted molar refractivity (Wildman–Crippen MR) is 82.2 cm³/mol. The van der Waals surface area contributed by atoms with Crippen molar-refractivity contribution < 1.29 is 9.53 Å². The Labute approximate surface area is 125 Å². The largest absolute Gasteiger partial charge is 0.494 e. The van der Waals surface area contributed by atoms with E-state index in [9.17, 15) is 4.79 Å². The molecule has 1 aromatic rings. The summed E-state index contributed by atoms with van der Waals surface area (Å²) in [5.41, 5.74) is 6.39. The Kier molecular flexibility index (Phi) is 6.30. The van der Waals surface area contributed by atoms with Crippen molar-refractivity contribution in [3.05, 3.63) is 28.8 Å². The molecule has 3 N–H and O–H groups in total. The van der Waals surface area contributed by atoms with E-state index in [1.165, 1.54) is 0 Å². The van der Waals surface area contributed by atoms with Gasteiger partial charge in [-0.1, -0.05) is 11.6 Å². The molecule has 1 aromatic carbocycles. The van der Waals surface area contributed by atoms with Gasteiger partial charge in [-0.15, -0.1) is 0 Å². The maximum atomic E-state index is 11.6. The monoisotopic (exact) mass is 298 g/mol. The average Bonchev–Trinajstić information content (AvgIpc) is 2.35. The lowest BCUT2D eigenvalue weighted by Crippen LogP contribution is -2.45. The van der Waals surface area contributed by atoms with E-state index >= 15 is 0 Å². The summed E-state index contributed by atoms with van der Waals surface area (Å²) in [4.78, 5) is 11.6. The number of nitrogens with two attached hydrogens (primary N) is 1. The number of hydrogen-bond acceptors (Lipinski definition) is 3. The lowest BCUT2D eigenvalue weighted by molar-refractivity contribution is -0.121. The van der Waals surface area contributed by atoms with E-state index in [-0.39, 0.29) is 11.4 Å². The van der Waals surface area contributed by atoms with Gasteiger partial charge >= 0.3 is 0 Å². The predicted octanol–water partition coefficient (Wildman–Crippen LogP) is 2.66. The van der Waals surface area contributed by atoms with Gasteiger partial charge in [0.15, 0.2) is 0 Å². The van der Waals surface area contributed by atoms with Crippen LogP contribution in [0.25, 0.3) is 0 Å². The summed E-state index contributed by atoms with van der Waals surface area (Å²) < 4.78 is 5.57. The molecule has 0 bridgehead atoms. The fraction of sp³-hybridized carbons (Fsp3) is 0.533. The second-order valence-corrected chi connectivity index (χ2v) is 6.04. The van der Waals surface area contributed by atoms with Crippen LogP contribution in [0.5, 0.6) is 5.75 Å². The van der Waals surface area contributed by atoms with Gasteiger partial charge in [0.1, 0.15) is 5.75 Å². The Morgan fingerprint density at radius 1 is 1.45 bits per heavy atom. The Morgan fingerprint density at radius 2 is 2.15 bits per heavy atom. The van der Waals surface area contributed by atoms with Crippen molar-refractivity contribution in [2.75, 3.05) is 13.2 Å². The zero-order chi connectivity index (χ0) is 15.2. The van der Waals surface area contributed by atoms with Gasteiger partial charge in [-0.2, -0.15) is 0 Å². The highest BCUT2D eigenvalue weighted by Gasteiger charge is 2.11. The first-order valence-corrected chi connectivity index (χ1v) is 7.10. The maximum Gasteiger partial charge on any atom is 0.220 e. The van der Waals surface area contributed by atoms with Gasteiger partial charge in [0, 0.05) is 23.5 Å². The van der Waals surface area contributed by atoms with Gasteiger partial charge in [0.25, 0.3) is 0 Å². The van der Waals surface area contributed by atoms with Gasteiger partial charge in [0.2, 0.25) is 5.91 Å². The average molecular weight is 299 g/mol. The third-order valence-corrected chi connectivity index (χ3v) is 3.11. The first-order chi connectivity index (χ1) is 9.28. The number of carbonyl (C=O) groups excluding carboxylic acids is 1. The molecule has 0 unspecified atom stereocenters. The Hall–Kier alpha value is -1.26. The Morgan fingerprint density at radius 3 is 2.75 bits per heavy atom. The normalized spacial score (nSPS) is 11.2. The molecular weight excluding hydrogens is 276 g/mol. The van der Waals surface area contributed by atoms with E-state index in [0.29, 0.717) is 26.0 Å². The highest BCUT2D eigenvalue weighted by atomic mass is 35.5. The van der Waals surface area contributed by atoms with E-state index in [1.807, 2.05) is 39.0 Å². The van der Waals surface area contributed by atoms with Crippen molar-refractivity contribution in [1.82, 2.24) is 5.32 Å². The molecule has 0 atom stereocenters. The molecule has 20 heavy (non-hydrogen) atoms. The van der Waals surface area contributed by atoms with Crippen molar-refractivity contribution in [1.29, 1.82) is 0 Å². The minimum absolute atomic E-state index is 0.000545. The van der Waals surface area contributed by atoms with E-state index in [4.69, 9.17) is 22.1 Å². The van der Waals surface area contributed by atoms with Gasteiger partial charge < -0.3 is 15.8 Å². The second-order valence-electron chi connectivity index (χ2n) is 5.63. The highest BCUT2D eigenvalue weighted by molar-refractivity contribution is 6.31. The molecule has 0 heterocycles. The molecule has 0 aliphatic carbocycles. The number of rotatable bonds is 7. The van der Waals surface area contributed by atoms with Crippen molar-refractivity contribution in [2.24, 2.45) is 5.73 Å². The molecule has 0 fully saturated rings. The third-order valence-electron chi connectivity index (χ3n) is 2.69. The van der Waals surface area contributed by atoms with Crippen LogP contribution >= 0.6 is 11.6 Å². The van der Waals surface area contributed by atoms with E-state index in [1.54, 1.807) is 0 Å². The van der Waals surface area contributed by atoms with Crippen LogP contribution in [0.15, 0.2) is 18.2 Å². The molecule has 0 aliphatic heterocycles. The molecule has 0 aromatic heterocycles. The number of hydrogen-bond donors (Lipinski definition) is 2. The maximum absolute atomic E-state index is 11.6. The molecule has 4 nitrogen and oxygen atoms in total. The summed E-state index contributed by atoms with van der Waals surface area (Å²) in [5, 5.41) is 3.52. The van der Waals surface area contributed by atoms with Crippen LogP contribution in [0.4, 0.5) is 0 Å². The quantitative estimate of drug-likeness (QED) is 0.761. The fourth-order valence-electron chi connectivity index (χ4n) is 1.54. The van der Waals surface area contributed by atoms with Crippen LogP contribution in [0.1, 0.15) is 32.3 Å². The van der Waals surface area contributed by atoms with Crippen LogP contribution in [0.2, 0.25) is 5.02 Å². The van der Waals surface area contributed by atoms with Crippen molar-refractivity contribution >= 4 is 17.5 Å². The number of halogens is 1. The van der Waals surface area contributed by atoms with Gasteiger partial charge in [-0.25, -0.2) is 0 Å². The first kappa shape index (κ1) is 16.8. The van der Waals surface area contributed by atoms with Crippen molar-refractivity contribution in [3.8, 4) is 5.75 Å². The summed E-state index contributed by atoms with van der Waals surface area (Å²) in [5.74, 6) is 0.773. The summed E-state index contributed by atoms with van der Waals surface area (Å²) in [7, 11) is 0. The summed E-state index contributed by atoms with van der Waals surface area (Å²) >= 11 is 5.94. The van der Waals surface area contributed by atoms with Crippen LogP contribution in [0, 0.1) is 6.92 Å². The topological polar surface area (TPSA) is 64.3 Å². The molecule has 0 saturated heterocycles. The molecule has 1 rings (SSSR count). The summed E-state index contributed by atoms with van der Waals surface area (Å²) in [6.45, 7) is 6.65. The van der Waals surface area contributed by atoms with Gasteiger partial charge in [0.05, 0.1) is 6.61 Å². The number of nitrogens with one attached hydrogen (secondary N) is 1. The molecule has 112 valence electrons. The Bertz CT molecular complexity index is 456. The zero-order valence-corrected chi connectivity index (χ0v) is 13.1. The smallest absolute Gasteiger partial charge is 0.220 e. The fourth-order valence-corrected chi connectivity index (χ4v) is 1.66. The van der Waals surface area contributed by atoms with E-state index in [0.717, 1.165) is 16.3 Å². The van der Waals surface area contributed by atoms with Gasteiger partial charge in [-0.05, 0) is 51.0 Å². The molecule has 0 aliphatic rings. The number of ether oxygens (including phenoxy) is 1. The lowest BCUT2D eigenvalue weighted by atomic mass is 10.1. The van der Waals surface area contributed by atoms with Gasteiger partial charge in [-0.3, -0.25) is 4.79 Å². The number of carbonyl (C=O) groups is 1. The summed E-state index contributed by atoms with van der Waals surface area (Å²) in [6.07, 6.45) is 1.10. The first-order valence-electron chi connectivity index (χ1n) is 6.72. The highest BCUT2D eigenvalue weighted by Crippen LogP contribution is 2.21. The molecular formula is C15H23ClN2O2. The second kappa shape index (κ2) is 7.50. The SMILES string of the molecule is Cc1cc(OCCCC(=O)NCC(C)(C)N)ccc1Cl. The van der Waals surface area contributed by atoms with Crippen LogP contribution in [-0.4, -0.2) is 24.6 Å².